The number of nitrogens with one attached hydrogen (secondary N) is 1. The Kier molecular flexibility index (Phi) is 4.61. The zero-order valence-corrected chi connectivity index (χ0v) is 14.7. The van der Waals surface area contributed by atoms with Crippen LogP contribution in [-0.2, 0) is 0 Å². The highest BCUT2D eigenvalue weighted by Crippen LogP contribution is 2.43. The van der Waals surface area contributed by atoms with Crippen molar-refractivity contribution in [3.05, 3.63) is 35.9 Å². The molecule has 2 aromatic heterocycles. The van der Waals surface area contributed by atoms with Crippen molar-refractivity contribution in [2.45, 2.75) is 50.4 Å². The van der Waals surface area contributed by atoms with Crippen LogP contribution >= 0.6 is 0 Å². The number of carbonyl (C=O) groups excluding carboxylic acids is 1. The predicted molar refractivity (Wildman–Crippen MR) is 91.4 cm³/mol. The molecule has 146 valence electrons. The van der Waals surface area contributed by atoms with Gasteiger partial charge in [-0.2, -0.15) is 18.3 Å². The number of amides is 1. The molecule has 6 nitrogen and oxygen atoms in total. The van der Waals surface area contributed by atoms with Gasteiger partial charge < -0.3 is 14.6 Å². The fourth-order valence-electron chi connectivity index (χ4n) is 3.79. The Bertz CT molecular complexity index is 792. The zero-order valence-electron chi connectivity index (χ0n) is 14.7. The minimum absolute atomic E-state index is 0.0498. The minimum Gasteiger partial charge on any atom is -0.467 e. The zero-order chi connectivity index (χ0) is 19.0. The molecular weight excluding hydrogens is 361 g/mol. The fraction of sp³-hybridized carbons (Fsp3) is 0.556. The molecule has 1 fully saturated rings. The summed E-state index contributed by atoms with van der Waals surface area (Å²) in [6.45, 7) is 1.23. The number of anilines is 1. The lowest BCUT2D eigenvalue weighted by molar-refractivity contribution is -0.174. The largest absolute Gasteiger partial charge is 0.467 e. The summed E-state index contributed by atoms with van der Waals surface area (Å²) in [7, 11) is 0. The summed E-state index contributed by atoms with van der Waals surface area (Å²) in [6, 6.07) is 2.26. The molecule has 27 heavy (non-hydrogen) atoms. The topological polar surface area (TPSA) is 63.3 Å². The summed E-state index contributed by atoms with van der Waals surface area (Å²) in [4.78, 5) is 14.4. The van der Waals surface area contributed by atoms with Gasteiger partial charge in [0.25, 0.3) is 5.91 Å². The van der Waals surface area contributed by atoms with Crippen LogP contribution in [0.5, 0.6) is 0 Å². The maximum absolute atomic E-state index is 13.6. The van der Waals surface area contributed by atoms with Gasteiger partial charge in [-0.1, -0.05) is 12.8 Å². The van der Waals surface area contributed by atoms with Crippen molar-refractivity contribution in [3.8, 4) is 0 Å². The second-order valence-corrected chi connectivity index (χ2v) is 7.07. The van der Waals surface area contributed by atoms with Gasteiger partial charge in [-0.25, -0.2) is 4.68 Å². The van der Waals surface area contributed by atoms with Gasteiger partial charge in [0, 0.05) is 25.6 Å². The molecule has 2 aromatic rings. The average molecular weight is 382 g/mol. The number of carbonyl (C=O) groups is 1. The summed E-state index contributed by atoms with van der Waals surface area (Å²) in [5.74, 6) is 0.302. The van der Waals surface area contributed by atoms with Crippen LogP contribution in [0.15, 0.2) is 28.9 Å². The Morgan fingerprint density at radius 1 is 1.22 bits per heavy atom. The van der Waals surface area contributed by atoms with Crippen LogP contribution in [0.4, 0.5) is 19.0 Å². The molecule has 2 aliphatic rings. The summed E-state index contributed by atoms with van der Waals surface area (Å²) in [5, 5.41) is 7.06. The van der Waals surface area contributed by atoms with Gasteiger partial charge in [0.05, 0.1) is 12.3 Å². The van der Waals surface area contributed by atoms with Gasteiger partial charge in [-0.05, 0) is 25.0 Å². The van der Waals surface area contributed by atoms with Crippen molar-refractivity contribution < 1.29 is 22.4 Å². The van der Waals surface area contributed by atoms with Crippen LogP contribution in [-0.4, -0.2) is 39.9 Å². The Morgan fingerprint density at radius 3 is 2.59 bits per heavy atom. The monoisotopic (exact) mass is 382 g/mol. The Morgan fingerprint density at radius 2 is 1.96 bits per heavy atom. The van der Waals surface area contributed by atoms with Gasteiger partial charge >= 0.3 is 6.18 Å². The van der Waals surface area contributed by atoms with Crippen molar-refractivity contribution >= 4 is 11.7 Å². The number of hydrogen-bond donors (Lipinski definition) is 1. The first-order chi connectivity index (χ1) is 12.9. The third-order valence-corrected chi connectivity index (χ3v) is 5.19. The molecule has 1 saturated heterocycles. The highest BCUT2D eigenvalue weighted by Gasteiger charge is 2.47. The summed E-state index contributed by atoms with van der Waals surface area (Å²) < 4.78 is 47.1. The maximum atomic E-state index is 13.6. The third kappa shape index (κ3) is 3.54. The second-order valence-electron chi connectivity index (χ2n) is 7.07. The number of hydrogen-bond acceptors (Lipinski definition) is 4. The molecule has 1 amide bonds. The van der Waals surface area contributed by atoms with Gasteiger partial charge in [0.15, 0.2) is 11.7 Å². The minimum atomic E-state index is -4.48. The van der Waals surface area contributed by atoms with E-state index in [4.69, 9.17) is 4.42 Å². The molecule has 0 saturated carbocycles. The summed E-state index contributed by atoms with van der Waals surface area (Å²) in [5.41, 5.74) is 0.0498. The van der Waals surface area contributed by atoms with Gasteiger partial charge in [-0.15, -0.1) is 0 Å². The van der Waals surface area contributed by atoms with E-state index >= 15 is 0 Å². The molecule has 9 heteroatoms. The van der Waals surface area contributed by atoms with E-state index in [-0.39, 0.29) is 23.8 Å². The number of aromatic nitrogens is 2. The number of halogens is 3. The van der Waals surface area contributed by atoms with E-state index in [1.807, 2.05) is 0 Å². The van der Waals surface area contributed by atoms with Crippen molar-refractivity contribution in [3.63, 3.8) is 0 Å². The third-order valence-electron chi connectivity index (χ3n) is 5.19. The van der Waals surface area contributed by atoms with Crippen molar-refractivity contribution in [2.24, 2.45) is 0 Å². The van der Waals surface area contributed by atoms with Crippen LogP contribution in [0.25, 0.3) is 0 Å². The molecule has 0 aromatic carbocycles. The van der Waals surface area contributed by atoms with Crippen LogP contribution in [0, 0.1) is 0 Å². The molecule has 0 radical (unpaired) electrons. The Balaban J connectivity index is 1.64. The molecule has 1 N–H and O–H groups in total. The number of alkyl halides is 3. The van der Waals surface area contributed by atoms with Crippen LogP contribution in [0.2, 0.25) is 0 Å². The lowest BCUT2D eigenvalue weighted by Crippen LogP contribution is -2.36. The van der Waals surface area contributed by atoms with E-state index in [1.54, 1.807) is 17.0 Å². The lowest BCUT2D eigenvalue weighted by atomic mass is 10.0. The molecule has 4 rings (SSSR count). The average Bonchev–Trinajstić information content (AvgIpc) is 3.23. The molecule has 0 aliphatic carbocycles. The molecule has 0 unspecified atom stereocenters. The number of nitrogens with zero attached hydrogens (tertiary/aromatic N) is 3. The van der Waals surface area contributed by atoms with E-state index in [0.29, 0.717) is 18.8 Å². The van der Waals surface area contributed by atoms with Crippen molar-refractivity contribution in [2.75, 3.05) is 18.4 Å². The van der Waals surface area contributed by atoms with E-state index < -0.39 is 18.3 Å². The van der Waals surface area contributed by atoms with E-state index in [2.05, 4.69) is 10.4 Å². The molecule has 4 heterocycles. The molecule has 2 aliphatic heterocycles. The van der Waals surface area contributed by atoms with Crippen LogP contribution < -0.4 is 5.32 Å². The quantitative estimate of drug-likeness (QED) is 0.848. The summed E-state index contributed by atoms with van der Waals surface area (Å²) >= 11 is 0. The number of fused-ring (bicyclic) bond motifs is 1. The highest BCUT2D eigenvalue weighted by atomic mass is 19.4. The first kappa shape index (κ1) is 17.9. The number of likely N-dealkylation sites (tertiary alicyclic amines) is 1. The first-order valence-electron chi connectivity index (χ1n) is 9.19. The van der Waals surface area contributed by atoms with Crippen molar-refractivity contribution in [1.82, 2.24) is 14.7 Å². The second kappa shape index (κ2) is 6.94. The molecule has 2 atom stereocenters. The summed E-state index contributed by atoms with van der Waals surface area (Å²) in [6.07, 6.45) is 0.643. The standard InChI is InChI=1S/C18H21F3N4O2/c19-18(20,21)15-10-12(14-6-5-9-27-14)22-16-11-13(23-25(15)16)17(26)24-7-3-1-2-4-8-24/h5-6,9,11-12,15,22H,1-4,7-8,10H2/t12-,15-/m1/s1. The first-order valence-corrected chi connectivity index (χ1v) is 9.19. The van der Waals surface area contributed by atoms with Crippen molar-refractivity contribution in [1.29, 1.82) is 0 Å². The normalized spacial score (nSPS) is 23.4. The fourth-order valence-corrected chi connectivity index (χ4v) is 3.79. The molecule has 0 bridgehead atoms. The molecule has 0 spiro atoms. The Hall–Kier alpha value is -2.45. The lowest BCUT2D eigenvalue weighted by Gasteiger charge is -2.32. The smallest absolute Gasteiger partial charge is 0.410 e. The molecular formula is C18H21F3N4O2. The number of furan rings is 1. The van der Waals surface area contributed by atoms with E-state index in [0.717, 1.165) is 30.4 Å². The van der Waals surface area contributed by atoms with E-state index in [9.17, 15) is 18.0 Å². The maximum Gasteiger partial charge on any atom is 0.410 e. The van der Waals surface area contributed by atoms with Crippen LogP contribution in [0.1, 0.15) is 60.4 Å². The highest BCUT2D eigenvalue weighted by molar-refractivity contribution is 5.93. The Labute approximate surface area is 154 Å². The van der Waals surface area contributed by atoms with E-state index in [1.165, 1.54) is 12.3 Å². The predicted octanol–water partition coefficient (Wildman–Crippen LogP) is 4.15. The SMILES string of the molecule is O=C(c1cc2n(n1)[C@@H](C(F)(F)F)C[C@H](c1ccco1)N2)N1CCCCCC1. The number of rotatable bonds is 2. The van der Waals surface area contributed by atoms with Gasteiger partial charge in [0.2, 0.25) is 0 Å². The van der Waals surface area contributed by atoms with Gasteiger partial charge in [-0.3, -0.25) is 4.79 Å². The van der Waals surface area contributed by atoms with Crippen LogP contribution in [0.3, 0.4) is 0 Å². The van der Waals surface area contributed by atoms with Gasteiger partial charge in [0.1, 0.15) is 11.6 Å².